The maximum absolute atomic E-state index is 14.1. The third kappa shape index (κ3) is 3.96. The van der Waals surface area contributed by atoms with Crippen molar-refractivity contribution in [2.75, 3.05) is 6.54 Å². The first kappa shape index (κ1) is 24.9. The topological polar surface area (TPSA) is 59.4 Å². The molecule has 1 saturated heterocycles. The number of benzene rings is 3. The smallest absolute Gasteiger partial charge is 0.300 e. The van der Waals surface area contributed by atoms with Crippen molar-refractivity contribution >= 4 is 26.7 Å². The average molecular weight is 539 g/mol. The predicted molar refractivity (Wildman–Crippen MR) is 137 cm³/mol. The van der Waals surface area contributed by atoms with Crippen molar-refractivity contribution in [2.45, 2.75) is 49.3 Å². The Morgan fingerprint density at radius 2 is 1.53 bits per heavy atom. The van der Waals surface area contributed by atoms with Gasteiger partial charge in [0.1, 0.15) is 5.78 Å². The van der Waals surface area contributed by atoms with Gasteiger partial charge in [-0.05, 0) is 54.8 Å². The molecule has 0 spiro atoms. The van der Waals surface area contributed by atoms with Gasteiger partial charge in [0.25, 0.3) is 10.0 Å². The number of nitrogens with zero attached hydrogens (tertiary/aromatic N) is 2. The third-order valence-electron chi connectivity index (χ3n) is 7.74. The average Bonchev–Trinajstić information content (AvgIpc) is 3.24. The zero-order valence-corrected chi connectivity index (χ0v) is 21.4. The second kappa shape index (κ2) is 8.81. The van der Waals surface area contributed by atoms with Crippen LogP contribution >= 0.6 is 0 Å². The molecule has 5 nitrogen and oxygen atoms in total. The van der Waals surface area contributed by atoms with E-state index in [1.54, 1.807) is 36.4 Å². The van der Waals surface area contributed by atoms with Gasteiger partial charge >= 0.3 is 6.18 Å². The summed E-state index contributed by atoms with van der Waals surface area (Å²) in [5, 5.41) is 0.835. The number of hydrogen-bond donors (Lipinski definition) is 0. The van der Waals surface area contributed by atoms with Crippen LogP contribution in [0, 0.1) is 6.92 Å². The minimum atomic E-state index is -4.45. The molecule has 3 aromatic carbocycles. The van der Waals surface area contributed by atoms with Crippen molar-refractivity contribution in [3.8, 4) is 0 Å². The maximum atomic E-state index is 14.1. The number of halogens is 3. The lowest BCUT2D eigenvalue weighted by molar-refractivity contribution is -0.137. The summed E-state index contributed by atoms with van der Waals surface area (Å²) in [6, 6.07) is 18.0. The van der Waals surface area contributed by atoms with Crippen molar-refractivity contribution in [3.05, 3.63) is 101 Å². The van der Waals surface area contributed by atoms with E-state index in [4.69, 9.17) is 0 Å². The molecule has 0 bridgehead atoms. The number of piperidine rings is 1. The van der Waals surface area contributed by atoms with Gasteiger partial charge in [0.15, 0.2) is 0 Å². The molecule has 4 aromatic rings. The molecule has 0 radical (unpaired) electrons. The Bertz CT molecular complexity index is 1660. The van der Waals surface area contributed by atoms with Crippen molar-refractivity contribution < 1.29 is 26.4 Å². The Labute approximate surface area is 218 Å². The molecule has 38 heavy (non-hydrogen) atoms. The number of carbonyl (C=O) groups excluding carboxylic acids is 1. The summed E-state index contributed by atoms with van der Waals surface area (Å²) in [4.78, 5) is 15.3. The highest BCUT2D eigenvalue weighted by Crippen LogP contribution is 2.47. The van der Waals surface area contributed by atoms with Gasteiger partial charge in [0.2, 0.25) is 0 Å². The molecule has 0 unspecified atom stereocenters. The van der Waals surface area contributed by atoms with E-state index in [0.717, 1.165) is 28.6 Å². The first-order chi connectivity index (χ1) is 18.1. The van der Waals surface area contributed by atoms with Crippen molar-refractivity contribution in [3.63, 3.8) is 0 Å². The number of aryl methyl sites for hydroxylation is 1. The Morgan fingerprint density at radius 1 is 0.868 bits per heavy atom. The summed E-state index contributed by atoms with van der Waals surface area (Å²) < 4.78 is 69.0. The van der Waals surface area contributed by atoms with Gasteiger partial charge in [-0.2, -0.15) is 13.2 Å². The van der Waals surface area contributed by atoms with E-state index < -0.39 is 33.8 Å². The van der Waals surface area contributed by atoms with Crippen LogP contribution in [-0.4, -0.2) is 29.6 Å². The summed E-state index contributed by atoms with van der Waals surface area (Å²) >= 11 is 0. The first-order valence-electron chi connectivity index (χ1n) is 12.4. The molecule has 196 valence electrons. The molecule has 2 aliphatic heterocycles. The molecule has 9 heteroatoms. The van der Waals surface area contributed by atoms with Gasteiger partial charge in [0, 0.05) is 30.8 Å². The van der Waals surface area contributed by atoms with Gasteiger partial charge in [-0.15, -0.1) is 0 Å². The number of hydrogen-bond acceptors (Lipinski definition) is 4. The van der Waals surface area contributed by atoms with Crippen LogP contribution in [0.2, 0.25) is 0 Å². The molecule has 3 heterocycles. The van der Waals surface area contributed by atoms with E-state index in [1.165, 1.54) is 16.1 Å². The number of fused-ring (bicyclic) bond motifs is 5. The lowest BCUT2D eigenvalue weighted by Gasteiger charge is -2.45. The summed E-state index contributed by atoms with van der Waals surface area (Å²) in [6.45, 7) is 2.45. The maximum Gasteiger partial charge on any atom is 0.416 e. The van der Waals surface area contributed by atoms with Crippen molar-refractivity contribution in [1.29, 1.82) is 0 Å². The zero-order chi connectivity index (χ0) is 26.8. The number of aromatic nitrogens is 1. The van der Waals surface area contributed by atoms with Gasteiger partial charge in [-0.25, -0.2) is 12.4 Å². The molecule has 0 saturated carbocycles. The minimum absolute atomic E-state index is 0.0477. The molecule has 1 aromatic heterocycles. The van der Waals surface area contributed by atoms with Crippen LogP contribution in [-0.2, 0) is 27.4 Å². The zero-order valence-electron chi connectivity index (χ0n) is 20.6. The third-order valence-corrected chi connectivity index (χ3v) is 9.48. The fraction of sp³-hybridized carbons (Fsp3) is 0.276. The Balaban J connectivity index is 1.51. The molecule has 0 N–H and O–H groups in total. The number of carbonyl (C=O) groups is 1. The van der Waals surface area contributed by atoms with Gasteiger partial charge < -0.3 is 0 Å². The highest BCUT2D eigenvalue weighted by Gasteiger charge is 2.44. The predicted octanol–water partition coefficient (Wildman–Crippen LogP) is 6.21. The summed E-state index contributed by atoms with van der Waals surface area (Å²) in [5.74, 6) is -0.0477. The van der Waals surface area contributed by atoms with E-state index in [2.05, 4.69) is 4.90 Å². The molecule has 1 fully saturated rings. The molecule has 0 amide bonds. The molecular formula is C29H25F3N2O3S. The van der Waals surface area contributed by atoms with E-state index in [0.29, 0.717) is 29.7 Å². The van der Waals surface area contributed by atoms with Gasteiger partial charge in [-0.1, -0.05) is 48.0 Å². The van der Waals surface area contributed by atoms with Crippen LogP contribution in [0.1, 0.15) is 52.9 Å². The normalized spacial score (nSPS) is 20.4. The second-order valence-corrected chi connectivity index (χ2v) is 11.8. The van der Waals surface area contributed by atoms with Crippen LogP contribution in [0.4, 0.5) is 13.2 Å². The second-order valence-electron chi connectivity index (χ2n) is 10.0. The van der Waals surface area contributed by atoms with Gasteiger partial charge in [-0.3, -0.25) is 9.69 Å². The van der Waals surface area contributed by atoms with E-state index in [-0.39, 0.29) is 23.5 Å². The molecular weight excluding hydrogens is 513 g/mol. The van der Waals surface area contributed by atoms with E-state index >= 15 is 0 Å². The molecule has 6 rings (SSSR count). The first-order valence-corrected chi connectivity index (χ1v) is 13.9. The van der Waals surface area contributed by atoms with Crippen LogP contribution in [0.5, 0.6) is 0 Å². The van der Waals surface area contributed by atoms with Crippen LogP contribution in [0.3, 0.4) is 0 Å². The van der Waals surface area contributed by atoms with E-state index in [1.807, 2.05) is 19.1 Å². The minimum Gasteiger partial charge on any atom is -0.300 e. The number of para-hydroxylation sites is 1. The van der Waals surface area contributed by atoms with Crippen LogP contribution in [0.15, 0.2) is 77.7 Å². The van der Waals surface area contributed by atoms with Crippen molar-refractivity contribution in [1.82, 2.24) is 8.87 Å². The molecule has 2 aliphatic rings. The van der Waals surface area contributed by atoms with E-state index in [9.17, 15) is 26.4 Å². The summed E-state index contributed by atoms with van der Waals surface area (Å²) in [5.41, 5.74) is 2.84. The quantitative estimate of drug-likeness (QED) is 0.311. The fourth-order valence-corrected chi connectivity index (χ4v) is 7.55. The Morgan fingerprint density at radius 3 is 2.21 bits per heavy atom. The highest BCUT2D eigenvalue weighted by atomic mass is 32.2. The van der Waals surface area contributed by atoms with Crippen LogP contribution in [0.25, 0.3) is 10.9 Å². The van der Waals surface area contributed by atoms with Crippen molar-refractivity contribution in [2.24, 2.45) is 0 Å². The number of ketones is 1. The standard InChI is InChI=1S/C29H25F3N2O3S/c1-18-6-12-22(13-7-18)38(36,37)34-25-5-3-2-4-23(25)24-14-15-33-26(16-21(35)17-27(33)28(24)34)19-8-10-20(11-9-19)29(30,31)32/h2-13,26-27H,14-17H2,1H3/t26-,27-/m0/s1. The Kier molecular flexibility index (Phi) is 5.77. The molecule has 0 aliphatic carbocycles. The summed E-state index contributed by atoms with van der Waals surface area (Å²) in [6.07, 6.45) is -3.57. The number of rotatable bonds is 3. The summed E-state index contributed by atoms with van der Waals surface area (Å²) in [7, 11) is -4.00. The number of alkyl halides is 3. The fourth-order valence-electron chi connectivity index (χ4n) is 5.95. The number of Topliss-reactive ketones (excluding diaryl/α,β-unsaturated/α-hetero) is 1. The SMILES string of the molecule is Cc1ccc(S(=O)(=O)n2c3c(c4ccccc42)CCN2[C@H](c4ccc(C(F)(F)F)cc4)CC(=O)C[C@@H]32)cc1. The lowest BCUT2D eigenvalue weighted by Crippen LogP contribution is -2.44. The molecule has 2 atom stereocenters. The Hall–Kier alpha value is -3.43. The lowest BCUT2D eigenvalue weighted by atomic mass is 9.84. The largest absolute Gasteiger partial charge is 0.416 e. The van der Waals surface area contributed by atoms with Gasteiger partial charge in [0.05, 0.1) is 27.7 Å². The monoisotopic (exact) mass is 538 g/mol. The highest BCUT2D eigenvalue weighted by molar-refractivity contribution is 7.90. The van der Waals surface area contributed by atoms with Crippen LogP contribution < -0.4 is 0 Å².